The molecular formula is C19H25N5O. The molecule has 1 aromatic heterocycles. The Balaban J connectivity index is 1.39. The summed E-state index contributed by atoms with van der Waals surface area (Å²) in [6, 6.07) is 0. The number of hydrogen-bond acceptors (Lipinski definition) is 5. The third-order valence-electron chi connectivity index (χ3n) is 6.51. The minimum atomic E-state index is -0.511. The van der Waals surface area contributed by atoms with Gasteiger partial charge in [-0.1, -0.05) is 0 Å². The molecule has 1 aromatic rings. The number of carbonyl (C=O) groups is 1. The quantitative estimate of drug-likeness (QED) is 0.845. The SMILES string of the molecule is CC1=N[C@@]2(CC[C@@H]3CN(c4ncc(C)cn4)C[C@@H]32)C(=O)N1CC1CC1. The molecule has 3 atom stereocenters. The third-order valence-corrected chi connectivity index (χ3v) is 6.51. The summed E-state index contributed by atoms with van der Waals surface area (Å²) < 4.78 is 0. The van der Waals surface area contributed by atoms with Crippen LogP contribution in [0.3, 0.4) is 0 Å². The molecule has 6 nitrogen and oxygen atoms in total. The molecular weight excluding hydrogens is 314 g/mol. The van der Waals surface area contributed by atoms with Crippen LogP contribution in [0.2, 0.25) is 0 Å². The molecule has 4 aliphatic rings. The van der Waals surface area contributed by atoms with E-state index in [0.717, 1.165) is 49.8 Å². The van der Waals surface area contributed by atoms with Crippen molar-refractivity contribution in [3.05, 3.63) is 18.0 Å². The Labute approximate surface area is 148 Å². The zero-order valence-electron chi connectivity index (χ0n) is 15.0. The number of nitrogens with zero attached hydrogens (tertiary/aromatic N) is 5. The van der Waals surface area contributed by atoms with Gasteiger partial charge in [-0.2, -0.15) is 0 Å². The van der Waals surface area contributed by atoms with Crippen LogP contribution in [-0.2, 0) is 4.79 Å². The maximum Gasteiger partial charge on any atom is 0.256 e. The molecule has 0 N–H and O–H groups in total. The molecule has 25 heavy (non-hydrogen) atoms. The molecule has 1 spiro atoms. The topological polar surface area (TPSA) is 61.7 Å². The maximum absolute atomic E-state index is 13.3. The molecule has 3 heterocycles. The van der Waals surface area contributed by atoms with E-state index in [9.17, 15) is 4.79 Å². The first-order chi connectivity index (χ1) is 12.1. The maximum atomic E-state index is 13.3. The van der Waals surface area contributed by atoms with E-state index in [0.29, 0.717) is 17.8 Å². The molecule has 1 amide bonds. The second-order valence-electron chi connectivity index (χ2n) is 8.31. The van der Waals surface area contributed by atoms with Crippen LogP contribution in [0, 0.1) is 24.7 Å². The van der Waals surface area contributed by atoms with E-state index in [2.05, 4.69) is 14.9 Å². The van der Waals surface area contributed by atoms with Gasteiger partial charge in [0.25, 0.3) is 5.91 Å². The zero-order chi connectivity index (χ0) is 17.2. The van der Waals surface area contributed by atoms with Crippen molar-refractivity contribution in [1.29, 1.82) is 0 Å². The smallest absolute Gasteiger partial charge is 0.256 e. The van der Waals surface area contributed by atoms with Gasteiger partial charge in [0.1, 0.15) is 11.4 Å². The van der Waals surface area contributed by atoms with Crippen molar-refractivity contribution in [2.45, 2.75) is 45.1 Å². The number of anilines is 1. The van der Waals surface area contributed by atoms with Crippen molar-refractivity contribution in [3.8, 4) is 0 Å². The van der Waals surface area contributed by atoms with Crippen LogP contribution >= 0.6 is 0 Å². The largest absolute Gasteiger partial charge is 0.340 e. The highest BCUT2D eigenvalue weighted by molar-refractivity contribution is 6.07. The van der Waals surface area contributed by atoms with Crippen LogP contribution in [0.1, 0.15) is 38.2 Å². The van der Waals surface area contributed by atoms with E-state index in [4.69, 9.17) is 4.99 Å². The van der Waals surface area contributed by atoms with Gasteiger partial charge in [0.05, 0.1) is 0 Å². The monoisotopic (exact) mass is 339 g/mol. The Morgan fingerprint density at radius 3 is 2.64 bits per heavy atom. The van der Waals surface area contributed by atoms with Gasteiger partial charge in [-0.05, 0) is 56.9 Å². The Morgan fingerprint density at radius 1 is 1.16 bits per heavy atom. The van der Waals surface area contributed by atoms with Crippen molar-refractivity contribution in [1.82, 2.24) is 14.9 Å². The van der Waals surface area contributed by atoms with E-state index in [-0.39, 0.29) is 5.91 Å². The molecule has 2 saturated carbocycles. The minimum absolute atomic E-state index is 0.260. The van der Waals surface area contributed by atoms with Gasteiger partial charge in [0.2, 0.25) is 5.95 Å². The summed E-state index contributed by atoms with van der Waals surface area (Å²) in [7, 11) is 0. The highest BCUT2D eigenvalue weighted by Crippen LogP contribution is 2.51. The fourth-order valence-electron chi connectivity index (χ4n) is 4.96. The van der Waals surface area contributed by atoms with Gasteiger partial charge in [0.15, 0.2) is 0 Å². The summed E-state index contributed by atoms with van der Waals surface area (Å²) in [6.45, 7) is 6.67. The number of fused-ring (bicyclic) bond motifs is 2. The molecule has 132 valence electrons. The van der Waals surface area contributed by atoms with Crippen LogP contribution < -0.4 is 4.90 Å². The van der Waals surface area contributed by atoms with E-state index < -0.39 is 5.54 Å². The number of rotatable bonds is 3. The van der Waals surface area contributed by atoms with Crippen LogP contribution in [0.4, 0.5) is 5.95 Å². The molecule has 0 aromatic carbocycles. The standard InChI is InChI=1S/C19H25N5O/c1-12-7-20-18(21-8-12)23-10-15-5-6-19(16(15)11-23)17(25)24(13(2)22-19)9-14-3-4-14/h7-8,14-16H,3-6,9-11H2,1-2H3/t15-,16+,19-/m1/s1. The summed E-state index contributed by atoms with van der Waals surface area (Å²) in [5, 5.41) is 0. The molecule has 2 aliphatic heterocycles. The minimum Gasteiger partial charge on any atom is -0.340 e. The lowest BCUT2D eigenvalue weighted by Crippen LogP contribution is -2.47. The number of aliphatic imine (C=N–C) groups is 1. The van der Waals surface area contributed by atoms with Crippen molar-refractivity contribution in [3.63, 3.8) is 0 Å². The molecule has 3 fully saturated rings. The predicted molar refractivity (Wildman–Crippen MR) is 95.5 cm³/mol. The summed E-state index contributed by atoms with van der Waals surface area (Å²) in [5.41, 5.74) is 0.560. The Morgan fingerprint density at radius 2 is 1.92 bits per heavy atom. The zero-order valence-corrected chi connectivity index (χ0v) is 15.0. The first-order valence-electron chi connectivity index (χ1n) is 9.49. The second kappa shape index (κ2) is 5.26. The van der Waals surface area contributed by atoms with Crippen molar-refractivity contribution in [2.75, 3.05) is 24.5 Å². The second-order valence-corrected chi connectivity index (χ2v) is 8.31. The average molecular weight is 339 g/mol. The van der Waals surface area contributed by atoms with Crippen molar-refractivity contribution >= 4 is 17.7 Å². The normalized spacial score (nSPS) is 34.2. The molecule has 1 saturated heterocycles. The highest BCUT2D eigenvalue weighted by atomic mass is 16.2. The number of aromatic nitrogens is 2. The van der Waals surface area contributed by atoms with Crippen LogP contribution in [-0.4, -0.2) is 51.8 Å². The van der Waals surface area contributed by atoms with Crippen LogP contribution in [0.5, 0.6) is 0 Å². The molecule has 2 aliphatic carbocycles. The van der Waals surface area contributed by atoms with Gasteiger partial charge in [-0.3, -0.25) is 14.7 Å². The fraction of sp³-hybridized carbons (Fsp3) is 0.684. The van der Waals surface area contributed by atoms with Gasteiger partial charge in [0, 0.05) is 37.9 Å². The average Bonchev–Trinajstić information content (AvgIpc) is 3.14. The Hall–Kier alpha value is -1.98. The lowest BCUT2D eigenvalue weighted by atomic mass is 9.85. The lowest BCUT2D eigenvalue weighted by Gasteiger charge is -2.28. The fourth-order valence-corrected chi connectivity index (χ4v) is 4.96. The first-order valence-corrected chi connectivity index (χ1v) is 9.49. The lowest BCUT2D eigenvalue weighted by molar-refractivity contribution is -0.132. The van der Waals surface area contributed by atoms with Gasteiger partial charge in [-0.15, -0.1) is 0 Å². The first kappa shape index (κ1) is 15.3. The molecule has 0 unspecified atom stereocenters. The van der Waals surface area contributed by atoms with Crippen molar-refractivity contribution in [2.24, 2.45) is 22.7 Å². The number of amides is 1. The van der Waals surface area contributed by atoms with Gasteiger partial charge < -0.3 is 4.90 Å². The predicted octanol–water partition coefficient (Wildman–Crippen LogP) is 2.04. The summed E-state index contributed by atoms with van der Waals surface area (Å²) in [5.74, 6) is 3.49. The van der Waals surface area contributed by atoms with Gasteiger partial charge in [-0.25, -0.2) is 9.97 Å². The third kappa shape index (κ3) is 2.29. The van der Waals surface area contributed by atoms with E-state index >= 15 is 0 Å². The number of hydrogen-bond donors (Lipinski definition) is 0. The molecule has 0 bridgehead atoms. The molecule has 0 radical (unpaired) electrons. The molecule has 5 rings (SSSR count). The highest BCUT2D eigenvalue weighted by Gasteiger charge is 2.61. The van der Waals surface area contributed by atoms with Gasteiger partial charge >= 0.3 is 0 Å². The number of amidine groups is 1. The summed E-state index contributed by atoms with van der Waals surface area (Å²) in [4.78, 5) is 31.5. The molecule has 6 heteroatoms. The van der Waals surface area contributed by atoms with E-state index in [1.54, 1.807) is 0 Å². The van der Waals surface area contributed by atoms with E-state index in [1.807, 2.05) is 31.1 Å². The summed E-state index contributed by atoms with van der Waals surface area (Å²) >= 11 is 0. The number of carbonyl (C=O) groups excluding carboxylic acids is 1. The van der Waals surface area contributed by atoms with Crippen LogP contribution in [0.15, 0.2) is 17.4 Å². The van der Waals surface area contributed by atoms with E-state index in [1.165, 1.54) is 12.8 Å². The number of aryl methyl sites for hydroxylation is 1. The Bertz CT molecular complexity index is 741. The Kier molecular flexibility index (Phi) is 3.21. The van der Waals surface area contributed by atoms with Crippen LogP contribution in [0.25, 0.3) is 0 Å². The summed E-state index contributed by atoms with van der Waals surface area (Å²) in [6.07, 6.45) is 8.23. The van der Waals surface area contributed by atoms with Crippen molar-refractivity contribution < 1.29 is 4.79 Å².